The number of carboxylic acids is 1. The molecule has 6 nitrogen and oxygen atoms in total. The van der Waals surface area contributed by atoms with Crippen molar-refractivity contribution in [2.24, 2.45) is 7.05 Å². The van der Waals surface area contributed by atoms with Crippen LogP contribution in [0.4, 0.5) is 0 Å². The number of carbonyl (C=O) groups excluding carboxylic acids is 1. The summed E-state index contributed by atoms with van der Waals surface area (Å²) in [5.74, 6) is -1.05. The van der Waals surface area contributed by atoms with Gasteiger partial charge in [-0.25, -0.2) is 4.79 Å². The molecule has 0 saturated heterocycles. The van der Waals surface area contributed by atoms with Gasteiger partial charge in [0, 0.05) is 19.7 Å². The molecule has 1 aromatic rings. The molecule has 0 aliphatic rings. The minimum Gasteiger partial charge on any atom is -0.480 e. The zero-order valence-electron chi connectivity index (χ0n) is 7.67. The maximum atomic E-state index is 10.7. The molecule has 1 atom stereocenters. The van der Waals surface area contributed by atoms with Crippen LogP contribution in [0.15, 0.2) is 12.4 Å². The summed E-state index contributed by atoms with van der Waals surface area (Å²) in [4.78, 5) is 20.8. The third kappa shape index (κ3) is 2.58. The summed E-state index contributed by atoms with van der Waals surface area (Å²) in [7, 11) is 1.74. The molecule has 1 heterocycles. The molecule has 14 heavy (non-hydrogen) atoms. The van der Waals surface area contributed by atoms with Gasteiger partial charge in [-0.05, 0) is 5.56 Å². The van der Waals surface area contributed by atoms with Crippen molar-refractivity contribution in [1.82, 2.24) is 15.1 Å². The lowest BCUT2D eigenvalue weighted by atomic mass is 10.1. The Morgan fingerprint density at radius 1 is 1.86 bits per heavy atom. The maximum Gasteiger partial charge on any atom is 0.326 e. The Morgan fingerprint density at radius 3 is 3.00 bits per heavy atom. The first-order valence-electron chi connectivity index (χ1n) is 4.03. The molecule has 1 unspecified atom stereocenters. The molecule has 0 spiro atoms. The average Bonchev–Trinajstić information content (AvgIpc) is 2.50. The van der Waals surface area contributed by atoms with Crippen LogP contribution >= 0.6 is 0 Å². The van der Waals surface area contributed by atoms with E-state index in [-0.39, 0.29) is 6.42 Å². The number of aryl methyl sites for hydroxylation is 1. The molecule has 0 aromatic carbocycles. The quantitative estimate of drug-likeness (QED) is 0.603. The SMILES string of the molecule is Cn1cc(CC(NC=O)C(=O)O)cn1. The second-order valence-corrected chi connectivity index (χ2v) is 2.90. The van der Waals surface area contributed by atoms with Gasteiger partial charge in [-0.2, -0.15) is 5.10 Å². The number of amides is 1. The van der Waals surface area contributed by atoms with Crippen molar-refractivity contribution in [3.63, 3.8) is 0 Å². The highest BCUT2D eigenvalue weighted by molar-refractivity contribution is 5.76. The van der Waals surface area contributed by atoms with Gasteiger partial charge < -0.3 is 10.4 Å². The van der Waals surface area contributed by atoms with Crippen molar-refractivity contribution in [2.45, 2.75) is 12.5 Å². The molecule has 0 bridgehead atoms. The van der Waals surface area contributed by atoms with Crippen molar-refractivity contribution < 1.29 is 14.7 Å². The number of hydrogen-bond acceptors (Lipinski definition) is 3. The summed E-state index contributed by atoms with van der Waals surface area (Å²) >= 11 is 0. The Kier molecular flexibility index (Phi) is 3.22. The van der Waals surface area contributed by atoms with Gasteiger partial charge in [-0.1, -0.05) is 0 Å². The van der Waals surface area contributed by atoms with Gasteiger partial charge in [-0.15, -0.1) is 0 Å². The van der Waals surface area contributed by atoms with Crippen LogP contribution in [0, 0.1) is 0 Å². The van der Waals surface area contributed by atoms with Gasteiger partial charge in [0.25, 0.3) is 0 Å². The van der Waals surface area contributed by atoms with Crippen LogP contribution in [-0.4, -0.2) is 33.3 Å². The minimum absolute atomic E-state index is 0.238. The van der Waals surface area contributed by atoms with E-state index in [1.807, 2.05) is 0 Å². The number of carbonyl (C=O) groups is 2. The third-order valence-electron chi connectivity index (χ3n) is 1.77. The molecule has 0 aliphatic carbocycles. The Balaban J connectivity index is 2.64. The number of rotatable bonds is 5. The molecule has 1 rings (SSSR count). The van der Waals surface area contributed by atoms with Gasteiger partial charge in [0.2, 0.25) is 6.41 Å². The fourth-order valence-corrected chi connectivity index (χ4v) is 1.11. The van der Waals surface area contributed by atoms with Crippen molar-refractivity contribution in [1.29, 1.82) is 0 Å². The monoisotopic (exact) mass is 197 g/mol. The molecule has 2 N–H and O–H groups in total. The van der Waals surface area contributed by atoms with Crippen molar-refractivity contribution in [2.75, 3.05) is 0 Å². The zero-order chi connectivity index (χ0) is 10.6. The number of aromatic nitrogens is 2. The molecule has 6 heteroatoms. The lowest BCUT2D eigenvalue weighted by Gasteiger charge is -2.08. The lowest BCUT2D eigenvalue weighted by Crippen LogP contribution is -2.37. The molecule has 1 amide bonds. The molecule has 76 valence electrons. The van der Waals surface area contributed by atoms with Gasteiger partial charge in [-0.3, -0.25) is 9.48 Å². The van der Waals surface area contributed by atoms with Gasteiger partial charge in [0.05, 0.1) is 6.20 Å². The van der Waals surface area contributed by atoms with E-state index in [9.17, 15) is 9.59 Å². The first-order valence-corrected chi connectivity index (χ1v) is 4.03. The van der Waals surface area contributed by atoms with E-state index >= 15 is 0 Å². The summed E-state index contributed by atoms with van der Waals surface area (Å²) in [6, 6.07) is -0.892. The molecule has 0 radical (unpaired) electrons. The van der Waals surface area contributed by atoms with E-state index in [0.717, 1.165) is 5.56 Å². The van der Waals surface area contributed by atoms with Gasteiger partial charge >= 0.3 is 5.97 Å². The largest absolute Gasteiger partial charge is 0.480 e. The number of nitrogens with one attached hydrogen (secondary N) is 1. The highest BCUT2D eigenvalue weighted by atomic mass is 16.4. The van der Waals surface area contributed by atoms with Crippen LogP contribution in [0.5, 0.6) is 0 Å². The van der Waals surface area contributed by atoms with Crippen LogP contribution in [0.25, 0.3) is 0 Å². The predicted molar refractivity (Wildman–Crippen MR) is 47.5 cm³/mol. The number of hydrogen-bond donors (Lipinski definition) is 2. The van der Waals surface area contributed by atoms with Gasteiger partial charge in [0.1, 0.15) is 6.04 Å². The van der Waals surface area contributed by atoms with Crippen LogP contribution in [-0.2, 0) is 23.1 Å². The zero-order valence-corrected chi connectivity index (χ0v) is 7.67. The van der Waals surface area contributed by atoms with E-state index < -0.39 is 12.0 Å². The second-order valence-electron chi connectivity index (χ2n) is 2.90. The van der Waals surface area contributed by atoms with Crippen LogP contribution < -0.4 is 5.32 Å². The van der Waals surface area contributed by atoms with E-state index in [0.29, 0.717) is 6.41 Å². The minimum atomic E-state index is -1.05. The fraction of sp³-hybridized carbons (Fsp3) is 0.375. The summed E-state index contributed by atoms with van der Waals surface area (Å²) < 4.78 is 1.58. The van der Waals surface area contributed by atoms with Gasteiger partial charge in [0.15, 0.2) is 0 Å². The molecule has 0 aliphatic heterocycles. The fourth-order valence-electron chi connectivity index (χ4n) is 1.11. The Hall–Kier alpha value is -1.85. The summed E-state index contributed by atoms with van der Waals surface area (Å²) in [5.41, 5.74) is 0.772. The van der Waals surface area contributed by atoms with Crippen LogP contribution in [0.1, 0.15) is 5.56 Å². The molecule has 1 aromatic heterocycles. The van der Waals surface area contributed by atoms with Crippen molar-refractivity contribution in [3.05, 3.63) is 18.0 Å². The van der Waals surface area contributed by atoms with E-state index in [1.165, 1.54) is 0 Å². The number of aliphatic carboxylic acids is 1. The summed E-state index contributed by atoms with van der Waals surface area (Å²) in [6.45, 7) is 0. The number of nitrogens with zero attached hydrogens (tertiary/aromatic N) is 2. The topological polar surface area (TPSA) is 84.2 Å². The summed E-state index contributed by atoms with van der Waals surface area (Å²) in [6.07, 6.45) is 3.90. The second kappa shape index (κ2) is 4.40. The van der Waals surface area contributed by atoms with E-state index in [4.69, 9.17) is 5.11 Å². The molecule has 0 saturated carbocycles. The smallest absolute Gasteiger partial charge is 0.326 e. The third-order valence-corrected chi connectivity index (χ3v) is 1.77. The first kappa shape index (κ1) is 10.2. The number of carboxylic acid groups (broad SMARTS) is 1. The Morgan fingerprint density at radius 2 is 2.57 bits per heavy atom. The standard InChI is InChI=1S/C8H11N3O3/c1-11-4-6(3-10-11)2-7(8(13)14)9-5-12/h3-5,7H,2H2,1H3,(H,9,12)(H,13,14). The highest BCUT2D eigenvalue weighted by Gasteiger charge is 2.17. The van der Waals surface area contributed by atoms with Crippen LogP contribution in [0.3, 0.4) is 0 Å². The lowest BCUT2D eigenvalue weighted by molar-refractivity contribution is -0.140. The Bertz CT molecular complexity index is 334. The van der Waals surface area contributed by atoms with Crippen molar-refractivity contribution in [3.8, 4) is 0 Å². The normalized spacial score (nSPS) is 12.1. The Labute approximate surface area is 80.5 Å². The van der Waals surface area contributed by atoms with E-state index in [1.54, 1.807) is 24.1 Å². The van der Waals surface area contributed by atoms with Crippen molar-refractivity contribution >= 4 is 12.4 Å². The summed E-state index contributed by atoms with van der Waals surface area (Å²) in [5, 5.41) is 14.8. The highest BCUT2D eigenvalue weighted by Crippen LogP contribution is 2.01. The first-order chi connectivity index (χ1) is 6.63. The molecular weight excluding hydrogens is 186 g/mol. The van der Waals surface area contributed by atoms with Crippen LogP contribution in [0.2, 0.25) is 0 Å². The molecule has 0 fully saturated rings. The predicted octanol–water partition coefficient (Wildman–Crippen LogP) is -0.838. The maximum absolute atomic E-state index is 10.7. The molecular formula is C8H11N3O3. The average molecular weight is 197 g/mol. The van der Waals surface area contributed by atoms with E-state index in [2.05, 4.69) is 10.4 Å².